The standard InChI is InChI=1S/C21H34O7S2/c1-2-3-4-5-6-7-8-9-10-11-12-13-14-15-19-16-20-18-21(17-19)27-30(24,25)28-29(22,23)26-20/h16-18H,2-15H2,1H3. The largest absolute Gasteiger partial charge is 0.466 e. The first kappa shape index (κ1) is 24.9. The average Bonchev–Trinajstić information content (AvgIpc) is 2.62. The summed E-state index contributed by atoms with van der Waals surface area (Å²) in [6.07, 6.45) is 17.1. The van der Waals surface area contributed by atoms with Crippen LogP contribution in [-0.2, 0) is 30.8 Å². The Morgan fingerprint density at radius 1 is 0.600 bits per heavy atom. The first-order valence-electron chi connectivity index (χ1n) is 11.0. The van der Waals surface area contributed by atoms with E-state index in [0.29, 0.717) is 6.42 Å². The molecule has 7 nitrogen and oxygen atoms in total. The van der Waals surface area contributed by atoms with Crippen molar-refractivity contribution in [3.63, 3.8) is 0 Å². The fraction of sp³-hybridized carbons (Fsp3) is 0.714. The van der Waals surface area contributed by atoms with E-state index in [1.54, 1.807) is 12.1 Å². The van der Waals surface area contributed by atoms with Crippen molar-refractivity contribution in [2.45, 2.75) is 96.8 Å². The highest BCUT2D eigenvalue weighted by molar-refractivity contribution is 7.95. The van der Waals surface area contributed by atoms with Crippen molar-refractivity contribution < 1.29 is 28.8 Å². The molecule has 0 aromatic heterocycles. The van der Waals surface area contributed by atoms with Crippen LogP contribution in [0.25, 0.3) is 0 Å². The fourth-order valence-corrected chi connectivity index (χ4v) is 5.29. The Morgan fingerprint density at radius 3 is 1.43 bits per heavy atom. The van der Waals surface area contributed by atoms with Crippen molar-refractivity contribution in [2.24, 2.45) is 0 Å². The van der Waals surface area contributed by atoms with Gasteiger partial charge in [-0.25, -0.2) is 0 Å². The molecule has 0 saturated heterocycles. The van der Waals surface area contributed by atoms with Gasteiger partial charge in [-0.1, -0.05) is 87.6 Å². The SMILES string of the molecule is CCCCCCCCCCCCCCCc1cc2cc(c1)OS(=O)(=O)OS(=O)(=O)O2. The lowest BCUT2D eigenvalue weighted by atomic mass is 10.0. The summed E-state index contributed by atoms with van der Waals surface area (Å²) in [5, 5.41) is 0. The highest BCUT2D eigenvalue weighted by Crippen LogP contribution is 2.29. The van der Waals surface area contributed by atoms with E-state index in [0.717, 1.165) is 24.8 Å². The molecule has 1 aliphatic heterocycles. The summed E-state index contributed by atoms with van der Waals surface area (Å²) in [7, 11) is -9.45. The van der Waals surface area contributed by atoms with Gasteiger partial charge >= 0.3 is 20.8 Å². The number of benzene rings is 1. The second-order valence-corrected chi connectivity index (χ2v) is 10.4. The molecule has 172 valence electrons. The predicted molar refractivity (Wildman–Crippen MR) is 116 cm³/mol. The third-order valence-electron chi connectivity index (χ3n) is 5.07. The van der Waals surface area contributed by atoms with E-state index in [9.17, 15) is 16.8 Å². The summed E-state index contributed by atoms with van der Waals surface area (Å²) >= 11 is 0. The van der Waals surface area contributed by atoms with E-state index in [4.69, 9.17) is 0 Å². The molecule has 1 heterocycles. The molecule has 1 aromatic carbocycles. The Bertz CT molecular complexity index is 796. The number of fused-ring (bicyclic) bond motifs is 2. The molecule has 0 atom stereocenters. The highest BCUT2D eigenvalue weighted by Gasteiger charge is 2.30. The van der Waals surface area contributed by atoms with E-state index < -0.39 is 20.8 Å². The normalized spacial score (nSPS) is 16.8. The van der Waals surface area contributed by atoms with Gasteiger partial charge in [0.15, 0.2) is 0 Å². The van der Waals surface area contributed by atoms with Gasteiger partial charge in [0.05, 0.1) is 0 Å². The van der Waals surface area contributed by atoms with Gasteiger partial charge in [0.25, 0.3) is 0 Å². The molecule has 0 saturated carbocycles. The van der Waals surface area contributed by atoms with Gasteiger partial charge in [0.1, 0.15) is 11.5 Å². The lowest BCUT2D eigenvalue weighted by molar-refractivity contribution is 0.344. The van der Waals surface area contributed by atoms with Crippen LogP contribution in [0.4, 0.5) is 0 Å². The Kier molecular flexibility index (Phi) is 10.4. The van der Waals surface area contributed by atoms with Crippen molar-refractivity contribution in [3.8, 4) is 11.5 Å². The summed E-state index contributed by atoms with van der Waals surface area (Å²) in [6.45, 7) is 2.24. The van der Waals surface area contributed by atoms with Gasteiger partial charge in [-0.2, -0.15) is 16.8 Å². The quantitative estimate of drug-likeness (QED) is 0.332. The first-order chi connectivity index (χ1) is 14.3. The van der Waals surface area contributed by atoms with E-state index >= 15 is 0 Å². The lowest BCUT2D eigenvalue weighted by Gasteiger charge is -2.14. The first-order valence-corrected chi connectivity index (χ1v) is 13.7. The van der Waals surface area contributed by atoms with E-state index in [1.165, 1.54) is 70.3 Å². The molecule has 0 radical (unpaired) electrons. The lowest BCUT2D eigenvalue weighted by Crippen LogP contribution is -2.24. The van der Waals surface area contributed by atoms with Crippen LogP contribution in [0, 0.1) is 0 Å². The molecule has 0 N–H and O–H groups in total. The molecule has 2 bridgehead atoms. The van der Waals surface area contributed by atoms with Crippen LogP contribution in [0.3, 0.4) is 0 Å². The van der Waals surface area contributed by atoms with Gasteiger partial charge in [-0.3, -0.25) is 0 Å². The van der Waals surface area contributed by atoms with Crippen LogP contribution in [0.2, 0.25) is 0 Å². The summed E-state index contributed by atoms with van der Waals surface area (Å²) < 4.78 is 59.4. The van der Waals surface area contributed by atoms with Crippen molar-refractivity contribution in [2.75, 3.05) is 0 Å². The Hall–Kier alpha value is -1.32. The zero-order valence-corrected chi connectivity index (χ0v) is 19.4. The summed E-state index contributed by atoms with van der Waals surface area (Å²) in [4.78, 5) is 0. The smallest absolute Gasteiger partial charge is 0.361 e. The molecule has 2 rings (SSSR count). The minimum atomic E-state index is -4.73. The Balaban J connectivity index is 1.63. The predicted octanol–water partition coefficient (Wildman–Crippen LogP) is 5.60. The van der Waals surface area contributed by atoms with E-state index in [1.807, 2.05) is 0 Å². The molecular formula is C21H34O7S2. The van der Waals surface area contributed by atoms with Gasteiger partial charge in [-0.15, -0.1) is 0 Å². The third-order valence-corrected chi connectivity index (χ3v) is 7.20. The van der Waals surface area contributed by atoms with E-state index in [-0.39, 0.29) is 11.5 Å². The fourth-order valence-electron chi connectivity index (χ4n) is 3.58. The number of rotatable bonds is 14. The van der Waals surface area contributed by atoms with E-state index in [2.05, 4.69) is 18.9 Å². The Morgan fingerprint density at radius 2 is 1.00 bits per heavy atom. The van der Waals surface area contributed by atoms with Gasteiger partial charge < -0.3 is 8.37 Å². The maximum Gasteiger partial charge on any atom is 0.466 e. The highest BCUT2D eigenvalue weighted by atomic mass is 32.3. The van der Waals surface area contributed by atoms with Gasteiger partial charge in [0.2, 0.25) is 0 Å². The molecule has 9 heteroatoms. The topological polar surface area (TPSA) is 96.0 Å². The van der Waals surface area contributed by atoms with Crippen LogP contribution in [0.5, 0.6) is 11.5 Å². The van der Waals surface area contributed by atoms with Gasteiger partial charge in [0, 0.05) is 6.07 Å². The van der Waals surface area contributed by atoms with Crippen molar-refractivity contribution in [1.29, 1.82) is 0 Å². The van der Waals surface area contributed by atoms with Crippen LogP contribution >= 0.6 is 0 Å². The molecule has 0 spiro atoms. The monoisotopic (exact) mass is 462 g/mol. The third kappa shape index (κ3) is 10.1. The number of unbranched alkanes of at least 4 members (excludes halogenated alkanes) is 12. The summed E-state index contributed by atoms with van der Waals surface area (Å²) in [6, 6.07) is 4.34. The summed E-state index contributed by atoms with van der Waals surface area (Å²) in [5.74, 6) is -0.0424. The van der Waals surface area contributed by atoms with Gasteiger partial charge in [-0.05, 0) is 30.5 Å². The van der Waals surface area contributed by atoms with Crippen LogP contribution < -0.4 is 8.37 Å². The molecule has 1 aliphatic rings. The number of hydrogen-bond donors (Lipinski definition) is 0. The minimum absolute atomic E-state index is 0.0212. The molecule has 0 aliphatic carbocycles. The van der Waals surface area contributed by atoms with Crippen LogP contribution in [-0.4, -0.2) is 16.8 Å². The molecule has 30 heavy (non-hydrogen) atoms. The van der Waals surface area contributed by atoms with Crippen LogP contribution in [0.15, 0.2) is 18.2 Å². The van der Waals surface area contributed by atoms with Crippen molar-refractivity contribution in [3.05, 3.63) is 23.8 Å². The molecule has 0 unspecified atom stereocenters. The second-order valence-electron chi connectivity index (χ2n) is 7.86. The maximum absolute atomic E-state index is 11.5. The second kappa shape index (κ2) is 12.5. The molecule has 0 amide bonds. The molecule has 0 fully saturated rings. The zero-order chi connectivity index (χ0) is 21.9. The molecule has 1 aromatic rings. The zero-order valence-electron chi connectivity index (χ0n) is 17.8. The number of hydrogen-bond acceptors (Lipinski definition) is 7. The summed E-state index contributed by atoms with van der Waals surface area (Å²) in [5.41, 5.74) is 0.762. The van der Waals surface area contributed by atoms with Crippen molar-refractivity contribution >= 4 is 20.8 Å². The van der Waals surface area contributed by atoms with Crippen LogP contribution in [0.1, 0.15) is 96.0 Å². The minimum Gasteiger partial charge on any atom is -0.361 e. The molecular weight excluding hydrogens is 428 g/mol. The Labute approximate surface area is 181 Å². The van der Waals surface area contributed by atoms with Crippen molar-refractivity contribution in [1.82, 2.24) is 0 Å². The average molecular weight is 463 g/mol. The maximum atomic E-state index is 11.5. The number of aryl methyl sites for hydroxylation is 1.